The molecule has 0 unspecified atom stereocenters. The number of carbonyl (C=O) groups excluding carboxylic acids is 1. The molecule has 2 N–H and O–H groups in total. The molecule has 1 amide bonds. The number of rotatable bonds is 7. The second-order valence-electron chi connectivity index (χ2n) is 6.32. The molecule has 6 heteroatoms. The van der Waals surface area contributed by atoms with Gasteiger partial charge in [0.1, 0.15) is 5.75 Å². The van der Waals surface area contributed by atoms with Gasteiger partial charge >= 0.3 is 0 Å². The molecule has 28 heavy (non-hydrogen) atoms. The van der Waals surface area contributed by atoms with Crippen LogP contribution in [0.5, 0.6) is 5.75 Å². The van der Waals surface area contributed by atoms with Crippen LogP contribution < -0.4 is 15.4 Å². The molecule has 3 rings (SSSR count). The SMILES string of the molecule is Cc1ccc(NC(=O)COc2ccc(Cl)cc2CNc2ccc(Cl)cc2)cc1. The van der Waals surface area contributed by atoms with Crippen molar-refractivity contribution in [3.8, 4) is 5.75 Å². The lowest BCUT2D eigenvalue weighted by Gasteiger charge is -2.14. The second-order valence-corrected chi connectivity index (χ2v) is 7.19. The van der Waals surface area contributed by atoms with Crippen LogP contribution in [-0.4, -0.2) is 12.5 Å². The van der Waals surface area contributed by atoms with Crippen molar-refractivity contribution in [2.24, 2.45) is 0 Å². The summed E-state index contributed by atoms with van der Waals surface area (Å²) in [6, 6.07) is 20.3. The van der Waals surface area contributed by atoms with Gasteiger partial charge in [-0.3, -0.25) is 4.79 Å². The van der Waals surface area contributed by atoms with Crippen molar-refractivity contribution in [1.82, 2.24) is 0 Å². The third kappa shape index (κ3) is 5.91. The van der Waals surface area contributed by atoms with Gasteiger partial charge in [-0.25, -0.2) is 0 Å². The van der Waals surface area contributed by atoms with Crippen molar-refractivity contribution in [2.45, 2.75) is 13.5 Å². The van der Waals surface area contributed by atoms with Gasteiger partial charge in [-0.05, 0) is 61.5 Å². The van der Waals surface area contributed by atoms with Crippen LogP contribution in [-0.2, 0) is 11.3 Å². The second kappa shape index (κ2) is 9.49. The van der Waals surface area contributed by atoms with Gasteiger partial charge in [-0.15, -0.1) is 0 Å². The Kier molecular flexibility index (Phi) is 6.80. The van der Waals surface area contributed by atoms with Crippen LogP contribution in [0.25, 0.3) is 0 Å². The predicted molar refractivity (Wildman–Crippen MR) is 116 cm³/mol. The first-order valence-corrected chi connectivity index (χ1v) is 9.52. The molecule has 3 aromatic carbocycles. The van der Waals surface area contributed by atoms with E-state index >= 15 is 0 Å². The fraction of sp³-hybridized carbons (Fsp3) is 0.136. The molecule has 0 atom stereocenters. The van der Waals surface area contributed by atoms with E-state index in [1.54, 1.807) is 12.1 Å². The number of hydrogen-bond acceptors (Lipinski definition) is 3. The van der Waals surface area contributed by atoms with Gasteiger partial charge in [0, 0.05) is 33.5 Å². The lowest BCUT2D eigenvalue weighted by Crippen LogP contribution is -2.20. The predicted octanol–water partition coefficient (Wildman–Crippen LogP) is 5.93. The summed E-state index contributed by atoms with van der Waals surface area (Å²) >= 11 is 12.0. The standard InChI is InChI=1S/C22H20Cl2N2O2/c1-15-2-7-20(8-3-15)26-22(27)14-28-21-11-6-18(24)12-16(21)13-25-19-9-4-17(23)5-10-19/h2-12,25H,13-14H2,1H3,(H,26,27). The van der Waals surface area contributed by atoms with E-state index < -0.39 is 0 Å². The molecule has 0 saturated carbocycles. The van der Waals surface area contributed by atoms with Crippen molar-refractivity contribution in [3.63, 3.8) is 0 Å². The van der Waals surface area contributed by atoms with Gasteiger partial charge in [-0.1, -0.05) is 40.9 Å². The molecular formula is C22H20Cl2N2O2. The van der Waals surface area contributed by atoms with Gasteiger partial charge in [0.25, 0.3) is 5.91 Å². The molecule has 0 aromatic heterocycles. The topological polar surface area (TPSA) is 50.4 Å². The number of nitrogens with one attached hydrogen (secondary N) is 2. The van der Waals surface area contributed by atoms with Crippen LogP contribution in [0.3, 0.4) is 0 Å². The molecule has 144 valence electrons. The van der Waals surface area contributed by atoms with Crippen LogP contribution in [0.15, 0.2) is 66.7 Å². The Labute approximate surface area is 174 Å². The largest absolute Gasteiger partial charge is 0.483 e. The Morgan fingerprint density at radius 1 is 0.893 bits per heavy atom. The first-order chi connectivity index (χ1) is 13.5. The molecule has 0 aliphatic rings. The lowest BCUT2D eigenvalue weighted by molar-refractivity contribution is -0.118. The first kappa shape index (κ1) is 20.1. The Morgan fingerprint density at radius 2 is 1.54 bits per heavy atom. The van der Waals surface area contributed by atoms with Crippen molar-refractivity contribution in [2.75, 3.05) is 17.2 Å². The molecule has 0 aliphatic heterocycles. The zero-order valence-corrected chi connectivity index (χ0v) is 16.8. The number of aryl methyl sites for hydroxylation is 1. The van der Waals surface area contributed by atoms with Gasteiger partial charge in [0.2, 0.25) is 0 Å². The summed E-state index contributed by atoms with van der Waals surface area (Å²) in [6.07, 6.45) is 0. The summed E-state index contributed by atoms with van der Waals surface area (Å²) in [4.78, 5) is 12.2. The molecule has 0 bridgehead atoms. The summed E-state index contributed by atoms with van der Waals surface area (Å²) in [5.41, 5.74) is 3.64. The Balaban J connectivity index is 1.60. The summed E-state index contributed by atoms with van der Waals surface area (Å²) in [5.74, 6) is 0.375. The van der Waals surface area contributed by atoms with Crippen molar-refractivity contribution in [1.29, 1.82) is 0 Å². The Hall–Kier alpha value is -2.69. The molecule has 4 nitrogen and oxygen atoms in total. The van der Waals surface area contributed by atoms with Crippen LogP contribution in [0.1, 0.15) is 11.1 Å². The lowest BCUT2D eigenvalue weighted by atomic mass is 10.2. The van der Waals surface area contributed by atoms with Crippen LogP contribution in [0.4, 0.5) is 11.4 Å². The first-order valence-electron chi connectivity index (χ1n) is 8.77. The zero-order valence-electron chi connectivity index (χ0n) is 15.3. The maximum Gasteiger partial charge on any atom is 0.262 e. The normalized spacial score (nSPS) is 10.4. The smallest absolute Gasteiger partial charge is 0.262 e. The third-order valence-electron chi connectivity index (χ3n) is 4.04. The minimum atomic E-state index is -0.226. The van der Waals surface area contributed by atoms with Gasteiger partial charge in [-0.2, -0.15) is 0 Å². The average molecular weight is 415 g/mol. The molecular weight excluding hydrogens is 395 g/mol. The summed E-state index contributed by atoms with van der Waals surface area (Å²) in [5, 5.41) is 7.38. The Morgan fingerprint density at radius 3 is 2.25 bits per heavy atom. The van der Waals surface area contributed by atoms with E-state index in [-0.39, 0.29) is 12.5 Å². The van der Waals surface area contributed by atoms with Crippen molar-refractivity contribution >= 4 is 40.5 Å². The van der Waals surface area contributed by atoms with Crippen LogP contribution in [0, 0.1) is 6.92 Å². The highest BCUT2D eigenvalue weighted by molar-refractivity contribution is 6.31. The molecule has 0 heterocycles. The van der Waals surface area contributed by atoms with E-state index in [9.17, 15) is 4.79 Å². The fourth-order valence-electron chi connectivity index (χ4n) is 2.57. The molecule has 0 fully saturated rings. The monoisotopic (exact) mass is 414 g/mol. The molecule has 3 aromatic rings. The number of anilines is 2. The highest BCUT2D eigenvalue weighted by Gasteiger charge is 2.09. The minimum absolute atomic E-state index is 0.0938. The molecule has 0 saturated heterocycles. The summed E-state index contributed by atoms with van der Waals surface area (Å²) < 4.78 is 5.73. The highest BCUT2D eigenvalue weighted by atomic mass is 35.5. The number of hydrogen-bond donors (Lipinski definition) is 2. The van der Waals surface area contributed by atoms with E-state index in [1.807, 2.05) is 61.5 Å². The molecule has 0 radical (unpaired) electrons. The van der Waals surface area contributed by atoms with Crippen molar-refractivity contribution in [3.05, 3.63) is 87.9 Å². The third-order valence-corrected chi connectivity index (χ3v) is 4.53. The van der Waals surface area contributed by atoms with Gasteiger partial charge < -0.3 is 15.4 Å². The Bertz CT molecular complexity index is 942. The number of amides is 1. The van der Waals surface area contributed by atoms with E-state index in [2.05, 4.69) is 10.6 Å². The average Bonchev–Trinajstić information content (AvgIpc) is 2.68. The number of carbonyl (C=O) groups is 1. The van der Waals surface area contributed by atoms with E-state index in [1.165, 1.54) is 0 Å². The molecule has 0 spiro atoms. The van der Waals surface area contributed by atoms with Crippen molar-refractivity contribution < 1.29 is 9.53 Å². The maximum absolute atomic E-state index is 12.2. The highest BCUT2D eigenvalue weighted by Crippen LogP contribution is 2.24. The summed E-state index contributed by atoms with van der Waals surface area (Å²) in [6.45, 7) is 2.40. The quantitative estimate of drug-likeness (QED) is 0.503. The van der Waals surface area contributed by atoms with E-state index in [0.29, 0.717) is 22.3 Å². The fourth-order valence-corrected chi connectivity index (χ4v) is 2.89. The maximum atomic E-state index is 12.2. The van der Waals surface area contributed by atoms with Gasteiger partial charge in [0.05, 0.1) is 0 Å². The van der Waals surface area contributed by atoms with Crippen LogP contribution >= 0.6 is 23.2 Å². The summed E-state index contributed by atoms with van der Waals surface area (Å²) in [7, 11) is 0. The minimum Gasteiger partial charge on any atom is -0.483 e. The molecule has 0 aliphatic carbocycles. The van der Waals surface area contributed by atoms with Crippen LogP contribution in [0.2, 0.25) is 10.0 Å². The van der Waals surface area contributed by atoms with E-state index in [4.69, 9.17) is 27.9 Å². The number of halogens is 2. The van der Waals surface area contributed by atoms with Gasteiger partial charge in [0.15, 0.2) is 6.61 Å². The zero-order chi connectivity index (χ0) is 19.9. The number of benzene rings is 3. The van der Waals surface area contributed by atoms with E-state index in [0.717, 1.165) is 22.5 Å². The number of ether oxygens (including phenoxy) is 1.